The quantitative estimate of drug-likeness (QED) is 0.313. The minimum absolute atomic E-state index is 0.0107. The highest BCUT2D eigenvalue weighted by Gasteiger charge is 2.31. The number of benzene rings is 2. The first kappa shape index (κ1) is 23.4. The van der Waals surface area contributed by atoms with Crippen LogP contribution in [0.4, 0.5) is 13.2 Å². The van der Waals surface area contributed by atoms with E-state index in [1.54, 1.807) is 37.3 Å². The van der Waals surface area contributed by atoms with E-state index in [2.05, 4.69) is 9.97 Å². The van der Waals surface area contributed by atoms with E-state index in [4.69, 9.17) is 9.47 Å². The van der Waals surface area contributed by atoms with Gasteiger partial charge in [0.2, 0.25) is 0 Å². The van der Waals surface area contributed by atoms with Gasteiger partial charge in [-0.2, -0.15) is 13.2 Å². The molecular weight excluding hydrogens is 445 g/mol. The van der Waals surface area contributed by atoms with Crippen LogP contribution < -0.4 is 4.74 Å². The fourth-order valence-electron chi connectivity index (χ4n) is 3.74. The molecule has 176 valence electrons. The van der Waals surface area contributed by atoms with E-state index in [0.29, 0.717) is 27.8 Å². The second-order valence-electron chi connectivity index (χ2n) is 7.97. The molecule has 2 aromatic carbocycles. The summed E-state index contributed by atoms with van der Waals surface area (Å²) in [6, 6.07) is 14.3. The predicted molar refractivity (Wildman–Crippen MR) is 124 cm³/mol. The molecule has 8 heteroatoms. The zero-order valence-electron chi connectivity index (χ0n) is 18.9. The monoisotopic (exact) mass is 468 g/mol. The molecule has 5 nitrogen and oxygen atoms in total. The highest BCUT2D eigenvalue weighted by molar-refractivity contribution is 6.08. The minimum Gasteiger partial charge on any atom is -0.491 e. The van der Waals surface area contributed by atoms with Crippen LogP contribution in [0, 0.1) is 0 Å². The van der Waals surface area contributed by atoms with Crippen molar-refractivity contribution in [3.63, 3.8) is 0 Å². The number of hydrogen-bond acceptors (Lipinski definition) is 4. The van der Waals surface area contributed by atoms with Crippen LogP contribution in [0.5, 0.6) is 5.75 Å². The lowest BCUT2D eigenvalue weighted by Crippen LogP contribution is -2.07. The van der Waals surface area contributed by atoms with Crippen molar-refractivity contribution in [3.05, 3.63) is 72.1 Å². The summed E-state index contributed by atoms with van der Waals surface area (Å²) in [5, 5.41) is 0.664. The molecule has 4 rings (SSSR count). The minimum atomic E-state index is -4.47. The van der Waals surface area contributed by atoms with Gasteiger partial charge in [-0.3, -0.25) is 4.98 Å². The van der Waals surface area contributed by atoms with Crippen LogP contribution in [0.1, 0.15) is 36.8 Å². The maximum Gasteiger partial charge on any atom is 0.416 e. The molecule has 0 spiro atoms. The molecule has 34 heavy (non-hydrogen) atoms. The van der Waals surface area contributed by atoms with E-state index in [0.717, 1.165) is 23.9 Å². The fraction of sp³-hybridized carbons (Fsp3) is 0.231. The van der Waals surface area contributed by atoms with Crippen LogP contribution in [0.2, 0.25) is 0 Å². The van der Waals surface area contributed by atoms with Crippen molar-refractivity contribution in [2.45, 2.75) is 33.1 Å². The molecule has 0 saturated heterocycles. The molecule has 0 radical (unpaired) electrons. The van der Waals surface area contributed by atoms with Crippen LogP contribution in [0.15, 0.2) is 60.8 Å². The lowest BCUT2D eigenvalue weighted by atomic mass is 9.99. The van der Waals surface area contributed by atoms with Gasteiger partial charge in [-0.05, 0) is 62.7 Å². The van der Waals surface area contributed by atoms with E-state index in [-0.39, 0.29) is 24.1 Å². The van der Waals surface area contributed by atoms with Crippen molar-refractivity contribution < 1.29 is 27.4 Å². The molecule has 2 heterocycles. The van der Waals surface area contributed by atoms with Gasteiger partial charge in [0.1, 0.15) is 11.4 Å². The van der Waals surface area contributed by atoms with Crippen LogP contribution in [0.25, 0.3) is 33.3 Å². The number of esters is 1. The van der Waals surface area contributed by atoms with Gasteiger partial charge in [-0.15, -0.1) is 0 Å². The maximum absolute atomic E-state index is 13.2. The Kier molecular flexibility index (Phi) is 6.32. The van der Waals surface area contributed by atoms with E-state index in [9.17, 15) is 18.0 Å². The second kappa shape index (κ2) is 9.21. The number of halogens is 3. The molecule has 0 saturated carbocycles. The number of hydrogen-bond donors (Lipinski definition) is 1. The number of rotatable bonds is 6. The van der Waals surface area contributed by atoms with Crippen molar-refractivity contribution in [2.75, 3.05) is 6.61 Å². The summed E-state index contributed by atoms with van der Waals surface area (Å²) in [6.45, 7) is 5.77. The first-order valence-corrected chi connectivity index (χ1v) is 10.8. The second-order valence-corrected chi connectivity index (χ2v) is 7.97. The number of aromatic nitrogens is 2. The van der Waals surface area contributed by atoms with Gasteiger partial charge < -0.3 is 14.5 Å². The number of carbonyl (C=O) groups excluding carboxylic acids is 1. The summed E-state index contributed by atoms with van der Waals surface area (Å²) in [5.41, 5.74) is 2.15. The van der Waals surface area contributed by atoms with E-state index in [1.807, 2.05) is 26.0 Å². The Labute approximate surface area is 194 Å². The zero-order chi connectivity index (χ0) is 24.5. The molecule has 0 bridgehead atoms. The number of nitrogens with zero attached hydrogens (tertiary/aromatic N) is 1. The molecule has 1 N–H and O–H groups in total. The van der Waals surface area contributed by atoms with Crippen LogP contribution in [-0.4, -0.2) is 28.6 Å². The average molecular weight is 468 g/mol. The molecule has 0 amide bonds. The zero-order valence-corrected chi connectivity index (χ0v) is 18.9. The highest BCUT2D eigenvalue weighted by Crippen LogP contribution is 2.37. The summed E-state index contributed by atoms with van der Waals surface area (Å²) in [6.07, 6.45) is -3.33. The van der Waals surface area contributed by atoms with Crippen LogP contribution in [-0.2, 0) is 10.9 Å². The number of nitrogens with one attached hydrogen (secondary N) is 1. The Bertz CT molecular complexity index is 1330. The van der Waals surface area contributed by atoms with Gasteiger partial charge >= 0.3 is 12.1 Å². The van der Waals surface area contributed by atoms with Gasteiger partial charge in [0.25, 0.3) is 0 Å². The molecular formula is C26H23F3N2O3. The number of fused-ring (bicyclic) bond motifs is 1. The average Bonchev–Trinajstić information content (AvgIpc) is 3.18. The molecule has 0 aliphatic carbocycles. The van der Waals surface area contributed by atoms with Crippen LogP contribution in [0.3, 0.4) is 0 Å². The van der Waals surface area contributed by atoms with Gasteiger partial charge in [0.05, 0.1) is 24.0 Å². The standard InChI is InChI=1S/C26H23F3N2O3/c1-4-33-25(32)24-23(16-5-8-19(9-6-16)34-15(2)3)20-13-17(7-10-21(20)31-24)22-14-18(11-12-30-22)26(27,28)29/h5-15,31H,4H2,1-3H3. The van der Waals surface area contributed by atoms with Gasteiger partial charge in [-0.1, -0.05) is 18.2 Å². The topological polar surface area (TPSA) is 64.2 Å². The number of pyridine rings is 1. The number of H-pyrrole nitrogens is 1. The lowest BCUT2D eigenvalue weighted by Gasteiger charge is -2.11. The van der Waals surface area contributed by atoms with Gasteiger partial charge in [0.15, 0.2) is 0 Å². The Morgan fingerprint density at radius 2 is 1.74 bits per heavy atom. The van der Waals surface area contributed by atoms with E-state index < -0.39 is 17.7 Å². The molecule has 0 fully saturated rings. The number of alkyl halides is 3. The third-order valence-corrected chi connectivity index (χ3v) is 5.18. The van der Waals surface area contributed by atoms with Crippen molar-refractivity contribution >= 4 is 16.9 Å². The molecule has 0 atom stereocenters. The van der Waals surface area contributed by atoms with Gasteiger partial charge in [0, 0.05) is 28.2 Å². The van der Waals surface area contributed by atoms with Crippen molar-refractivity contribution in [3.8, 4) is 28.1 Å². The third-order valence-electron chi connectivity index (χ3n) is 5.18. The van der Waals surface area contributed by atoms with E-state index >= 15 is 0 Å². The van der Waals surface area contributed by atoms with Crippen molar-refractivity contribution in [1.29, 1.82) is 0 Å². The van der Waals surface area contributed by atoms with Crippen molar-refractivity contribution in [1.82, 2.24) is 9.97 Å². The van der Waals surface area contributed by atoms with Gasteiger partial charge in [-0.25, -0.2) is 4.79 Å². The normalized spacial score (nSPS) is 11.7. The fourth-order valence-corrected chi connectivity index (χ4v) is 3.74. The summed E-state index contributed by atoms with van der Waals surface area (Å²) < 4.78 is 50.6. The Morgan fingerprint density at radius 1 is 1.03 bits per heavy atom. The lowest BCUT2D eigenvalue weighted by molar-refractivity contribution is -0.137. The maximum atomic E-state index is 13.2. The Morgan fingerprint density at radius 3 is 2.38 bits per heavy atom. The SMILES string of the molecule is CCOC(=O)c1[nH]c2ccc(-c3cc(C(F)(F)F)ccn3)cc2c1-c1ccc(OC(C)C)cc1. The Balaban J connectivity index is 1.87. The first-order valence-electron chi connectivity index (χ1n) is 10.8. The molecule has 4 aromatic rings. The molecule has 0 aliphatic rings. The van der Waals surface area contributed by atoms with Crippen molar-refractivity contribution in [2.24, 2.45) is 0 Å². The van der Waals surface area contributed by atoms with E-state index in [1.165, 1.54) is 0 Å². The highest BCUT2D eigenvalue weighted by atomic mass is 19.4. The summed E-state index contributed by atoms with van der Waals surface area (Å²) in [4.78, 5) is 19.9. The molecule has 0 unspecified atom stereocenters. The third kappa shape index (κ3) is 4.76. The molecule has 0 aliphatic heterocycles. The summed E-state index contributed by atoms with van der Waals surface area (Å²) in [5.74, 6) is 0.167. The molecule has 2 aromatic heterocycles. The van der Waals surface area contributed by atoms with Crippen LogP contribution >= 0.6 is 0 Å². The number of ether oxygens (including phenoxy) is 2. The first-order chi connectivity index (χ1) is 16.2. The smallest absolute Gasteiger partial charge is 0.416 e. The summed E-state index contributed by atoms with van der Waals surface area (Å²) in [7, 11) is 0. The number of aromatic amines is 1. The largest absolute Gasteiger partial charge is 0.491 e. The summed E-state index contributed by atoms with van der Waals surface area (Å²) >= 11 is 0. The predicted octanol–water partition coefficient (Wildman–Crippen LogP) is 6.88. The number of carbonyl (C=O) groups is 1. The Hall–Kier alpha value is -3.81.